The molecule has 0 aliphatic rings. The number of halogens is 2. The molecule has 2 aromatic carbocycles. The number of nitrogens with one attached hydrogen (secondary N) is 1. The molecule has 0 saturated carbocycles. The predicted octanol–water partition coefficient (Wildman–Crippen LogP) is 2.86. The van der Waals surface area contributed by atoms with E-state index in [2.05, 4.69) is 5.32 Å². The average Bonchev–Trinajstić information content (AvgIpc) is 2.32. The molecule has 0 unspecified atom stereocenters. The lowest BCUT2D eigenvalue weighted by Crippen LogP contribution is -2.13. The van der Waals surface area contributed by atoms with Crippen molar-refractivity contribution in [1.82, 2.24) is 0 Å². The molecule has 0 saturated heterocycles. The van der Waals surface area contributed by atoms with E-state index >= 15 is 0 Å². The van der Waals surface area contributed by atoms with Crippen molar-refractivity contribution in [2.45, 2.75) is 0 Å². The van der Waals surface area contributed by atoms with Gasteiger partial charge >= 0.3 is 0 Å². The van der Waals surface area contributed by atoms with Gasteiger partial charge in [0.2, 0.25) is 0 Å². The van der Waals surface area contributed by atoms with E-state index in [-0.39, 0.29) is 5.82 Å². The summed E-state index contributed by atoms with van der Waals surface area (Å²) in [5, 5.41) is 3.04. The Morgan fingerprint density at radius 3 is 2.53 bits per heavy atom. The van der Waals surface area contributed by atoms with E-state index in [1.807, 2.05) is 22.6 Å². The standard InChI is InChI=1S/C13H11FIN3O/c14-7-1-4-11(10(15)5-7)18-12-6-8(16)2-3-9(12)13(17)19/h1-6,18H,16H2,(H2,17,19). The van der Waals surface area contributed by atoms with Gasteiger partial charge in [0.1, 0.15) is 5.82 Å². The lowest BCUT2D eigenvalue weighted by Gasteiger charge is -2.12. The topological polar surface area (TPSA) is 81.1 Å². The molecule has 0 aliphatic carbocycles. The summed E-state index contributed by atoms with van der Waals surface area (Å²) in [6.07, 6.45) is 0. The third kappa shape index (κ3) is 3.14. The molecule has 19 heavy (non-hydrogen) atoms. The number of hydrogen-bond donors (Lipinski definition) is 3. The van der Waals surface area contributed by atoms with Crippen LogP contribution in [0.4, 0.5) is 21.5 Å². The second kappa shape index (κ2) is 5.43. The monoisotopic (exact) mass is 371 g/mol. The minimum Gasteiger partial charge on any atom is -0.399 e. The number of rotatable bonds is 3. The Bertz CT molecular complexity index is 646. The molecule has 98 valence electrons. The molecule has 0 atom stereocenters. The highest BCUT2D eigenvalue weighted by atomic mass is 127. The third-order valence-electron chi connectivity index (χ3n) is 2.51. The number of hydrogen-bond acceptors (Lipinski definition) is 3. The first-order chi connectivity index (χ1) is 8.97. The Hall–Kier alpha value is -1.83. The van der Waals surface area contributed by atoms with E-state index in [9.17, 15) is 9.18 Å². The zero-order chi connectivity index (χ0) is 14.0. The van der Waals surface area contributed by atoms with Gasteiger partial charge in [-0.2, -0.15) is 0 Å². The van der Waals surface area contributed by atoms with E-state index < -0.39 is 5.91 Å². The van der Waals surface area contributed by atoms with Crippen molar-refractivity contribution in [3.05, 3.63) is 51.3 Å². The fourth-order valence-corrected chi connectivity index (χ4v) is 2.23. The Kier molecular flexibility index (Phi) is 3.89. The van der Waals surface area contributed by atoms with Gasteiger partial charge in [-0.1, -0.05) is 0 Å². The van der Waals surface area contributed by atoms with Gasteiger partial charge in [-0.3, -0.25) is 4.79 Å². The van der Waals surface area contributed by atoms with Crippen molar-refractivity contribution in [3.63, 3.8) is 0 Å². The lowest BCUT2D eigenvalue weighted by atomic mass is 10.1. The van der Waals surface area contributed by atoms with Crippen molar-refractivity contribution in [3.8, 4) is 0 Å². The van der Waals surface area contributed by atoms with Crippen LogP contribution in [0.3, 0.4) is 0 Å². The van der Waals surface area contributed by atoms with Crippen LogP contribution >= 0.6 is 22.6 Å². The molecule has 0 aromatic heterocycles. The highest BCUT2D eigenvalue weighted by Gasteiger charge is 2.10. The highest BCUT2D eigenvalue weighted by Crippen LogP contribution is 2.27. The molecular formula is C13H11FIN3O. The molecule has 0 spiro atoms. The molecule has 0 aliphatic heterocycles. The first-order valence-corrected chi connectivity index (χ1v) is 6.46. The maximum atomic E-state index is 13.0. The summed E-state index contributed by atoms with van der Waals surface area (Å²) >= 11 is 2.00. The summed E-state index contributed by atoms with van der Waals surface area (Å²) in [4.78, 5) is 11.3. The maximum absolute atomic E-state index is 13.0. The Labute approximate surface area is 123 Å². The quantitative estimate of drug-likeness (QED) is 0.573. The van der Waals surface area contributed by atoms with E-state index in [1.165, 1.54) is 12.1 Å². The van der Waals surface area contributed by atoms with Gasteiger partial charge in [-0.15, -0.1) is 0 Å². The van der Waals surface area contributed by atoms with Crippen LogP contribution in [0.15, 0.2) is 36.4 Å². The fourth-order valence-electron chi connectivity index (χ4n) is 1.62. The summed E-state index contributed by atoms with van der Waals surface area (Å²) in [7, 11) is 0. The van der Waals surface area contributed by atoms with Crippen LogP contribution in [0.1, 0.15) is 10.4 Å². The largest absolute Gasteiger partial charge is 0.399 e. The molecule has 6 heteroatoms. The summed E-state index contributed by atoms with van der Waals surface area (Å²) < 4.78 is 13.7. The number of nitrogen functional groups attached to an aromatic ring is 1. The number of nitrogens with two attached hydrogens (primary N) is 2. The van der Waals surface area contributed by atoms with Crippen molar-refractivity contribution in [2.24, 2.45) is 5.73 Å². The van der Waals surface area contributed by atoms with Crippen LogP contribution < -0.4 is 16.8 Å². The van der Waals surface area contributed by atoms with E-state index in [4.69, 9.17) is 11.5 Å². The summed E-state index contributed by atoms with van der Waals surface area (Å²) in [5.74, 6) is -0.878. The molecule has 0 radical (unpaired) electrons. The van der Waals surface area contributed by atoms with E-state index in [0.717, 1.165) is 0 Å². The Morgan fingerprint density at radius 2 is 1.89 bits per heavy atom. The zero-order valence-electron chi connectivity index (χ0n) is 9.78. The fraction of sp³-hybridized carbons (Fsp3) is 0. The normalized spacial score (nSPS) is 10.2. The number of carbonyl (C=O) groups is 1. The molecule has 5 N–H and O–H groups in total. The molecule has 1 amide bonds. The maximum Gasteiger partial charge on any atom is 0.250 e. The van der Waals surface area contributed by atoms with Gasteiger partial charge in [0.25, 0.3) is 5.91 Å². The van der Waals surface area contributed by atoms with Crippen LogP contribution in [0.25, 0.3) is 0 Å². The SMILES string of the molecule is NC(=O)c1ccc(N)cc1Nc1ccc(F)cc1I. The van der Waals surface area contributed by atoms with Gasteiger partial charge < -0.3 is 16.8 Å². The zero-order valence-corrected chi connectivity index (χ0v) is 11.9. The second-order valence-electron chi connectivity index (χ2n) is 3.92. The average molecular weight is 371 g/mol. The minimum absolute atomic E-state index is 0.322. The molecule has 2 rings (SSSR count). The third-order valence-corrected chi connectivity index (χ3v) is 3.40. The number of anilines is 3. The molecule has 0 bridgehead atoms. The minimum atomic E-state index is -0.556. The van der Waals surface area contributed by atoms with Gasteiger partial charge in [-0.05, 0) is 59.0 Å². The van der Waals surface area contributed by atoms with Gasteiger partial charge in [0, 0.05) is 9.26 Å². The lowest BCUT2D eigenvalue weighted by molar-refractivity contribution is 0.100. The van der Waals surface area contributed by atoms with Crippen molar-refractivity contribution < 1.29 is 9.18 Å². The van der Waals surface area contributed by atoms with E-state index in [0.29, 0.717) is 26.2 Å². The Balaban J connectivity index is 2.42. The van der Waals surface area contributed by atoms with Crippen molar-refractivity contribution in [1.29, 1.82) is 0 Å². The number of primary amides is 1. The number of benzene rings is 2. The van der Waals surface area contributed by atoms with E-state index in [1.54, 1.807) is 24.3 Å². The van der Waals surface area contributed by atoms with Crippen LogP contribution in [0, 0.1) is 9.39 Å². The molecule has 2 aromatic rings. The molecule has 0 fully saturated rings. The Morgan fingerprint density at radius 1 is 1.16 bits per heavy atom. The summed E-state index contributed by atoms with van der Waals surface area (Å²) in [6.45, 7) is 0. The van der Waals surface area contributed by atoms with Crippen LogP contribution in [-0.2, 0) is 0 Å². The second-order valence-corrected chi connectivity index (χ2v) is 5.08. The van der Waals surface area contributed by atoms with Crippen LogP contribution in [-0.4, -0.2) is 5.91 Å². The summed E-state index contributed by atoms with van der Waals surface area (Å²) in [6, 6.07) is 9.07. The first-order valence-electron chi connectivity index (χ1n) is 5.39. The van der Waals surface area contributed by atoms with Gasteiger partial charge in [0.05, 0.1) is 16.9 Å². The van der Waals surface area contributed by atoms with Crippen molar-refractivity contribution >= 4 is 45.6 Å². The first kappa shape index (κ1) is 13.6. The molecular weight excluding hydrogens is 360 g/mol. The highest BCUT2D eigenvalue weighted by molar-refractivity contribution is 14.1. The smallest absolute Gasteiger partial charge is 0.250 e. The molecule has 4 nitrogen and oxygen atoms in total. The molecule has 0 heterocycles. The van der Waals surface area contributed by atoms with Crippen LogP contribution in [0.5, 0.6) is 0 Å². The van der Waals surface area contributed by atoms with Crippen LogP contribution in [0.2, 0.25) is 0 Å². The van der Waals surface area contributed by atoms with Gasteiger partial charge in [-0.25, -0.2) is 4.39 Å². The van der Waals surface area contributed by atoms with Crippen molar-refractivity contribution in [2.75, 3.05) is 11.1 Å². The summed E-state index contributed by atoms with van der Waals surface area (Å²) in [5.41, 5.74) is 13.0. The predicted molar refractivity (Wildman–Crippen MR) is 81.8 cm³/mol. The van der Waals surface area contributed by atoms with Gasteiger partial charge in [0.15, 0.2) is 0 Å². The number of amides is 1. The number of carbonyl (C=O) groups excluding carboxylic acids is 1.